The van der Waals surface area contributed by atoms with E-state index in [0.717, 1.165) is 10.6 Å². The van der Waals surface area contributed by atoms with E-state index < -0.39 is 5.91 Å². The van der Waals surface area contributed by atoms with Crippen molar-refractivity contribution in [2.24, 2.45) is 10.7 Å². The summed E-state index contributed by atoms with van der Waals surface area (Å²) in [5, 5.41) is 2.00. The normalized spacial score (nSPS) is 10.1. The van der Waals surface area contributed by atoms with Crippen LogP contribution in [0, 0.1) is 0 Å². The van der Waals surface area contributed by atoms with Crippen molar-refractivity contribution in [2.75, 3.05) is 0 Å². The number of hydrogen-bond donors (Lipinski definition) is 1. The molecule has 88 valence electrons. The predicted octanol–water partition coefficient (Wildman–Crippen LogP) is 3.02. The van der Waals surface area contributed by atoms with E-state index in [4.69, 9.17) is 5.73 Å². The van der Waals surface area contributed by atoms with Gasteiger partial charge in [-0.2, -0.15) is 0 Å². The van der Waals surface area contributed by atoms with Crippen molar-refractivity contribution in [3.05, 3.63) is 52.2 Å². The van der Waals surface area contributed by atoms with Gasteiger partial charge in [0.2, 0.25) is 5.91 Å². The average Bonchev–Trinajstić information content (AvgIpc) is 2.80. The molecular weight excluding hydrogens is 256 g/mol. The lowest BCUT2D eigenvalue weighted by Gasteiger charge is -1.95. The van der Waals surface area contributed by atoms with Crippen molar-refractivity contribution in [2.45, 2.75) is 0 Å². The molecule has 0 radical (unpaired) electrons. The summed E-state index contributed by atoms with van der Waals surface area (Å²) in [6.45, 7) is 0. The number of aliphatic imine (C=N–C) groups is 1. The Morgan fingerprint density at radius 3 is 2.47 bits per heavy atom. The summed E-state index contributed by atoms with van der Waals surface area (Å²) in [4.78, 5) is 16.2. The largest absolute Gasteiger partial charge is 0.366 e. The van der Waals surface area contributed by atoms with E-state index in [-0.39, 0.29) is 12.4 Å². The minimum Gasteiger partial charge on any atom is -0.366 e. The van der Waals surface area contributed by atoms with Crippen LogP contribution < -0.4 is 5.73 Å². The van der Waals surface area contributed by atoms with Crippen LogP contribution in [0.4, 0.5) is 5.69 Å². The van der Waals surface area contributed by atoms with Crippen molar-refractivity contribution in [1.82, 2.24) is 0 Å². The first kappa shape index (κ1) is 13.4. The van der Waals surface area contributed by atoms with Gasteiger partial charge in [0, 0.05) is 16.7 Å². The maximum Gasteiger partial charge on any atom is 0.248 e. The number of nitrogens with two attached hydrogens (primary N) is 1. The number of primary amides is 1. The lowest BCUT2D eigenvalue weighted by molar-refractivity contribution is 0.100. The molecule has 0 saturated heterocycles. The lowest BCUT2D eigenvalue weighted by Crippen LogP contribution is -2.10. The highest BCUT2D eigenvalue weighted by atomic mass is 35.5. The quantitative estimate of drug-likeness (QED) is 0.853. The molecule has 1 heterocycles. The van der Waals surface area contributed by atoms with Crippen LogP contribution in [-0.2, 0) is 0 Å². The van der Waals surface area contributed by atoms with Crippen LogP contribution in [0.15, 0.2) is 46.8 Å². The van der Waals surface area contributed by atoms with Crippen molar-refractivity contribution in [1.29, 1.82) is 0 Å². The Bertz CT molecular complexity index is 506. The van der Waals surface area contributed by atoms with E-state index in [1.54, 1.807) is 41.8 Å². The molecule has 2 rings (SSSR count). The van der Waals surface area contributed by atoms with Crippen LogP contribution in [0.25, 0.3) is 0 Å². The Hall–Kier alpha value is -1.65. The van der Waals surface area contributed by atoms with Crippen LogP contribution >= 0.6 is 23.7 Å². The Balaban J connectivity index is 0.00000144. The molecule has 0 unspecified atom stereocenters. The van der Waals surface area contributed by atoms with Gasteiger partial charge >= 0.3 is 0 Å². The van der Waals surface area contributed by atoms with Crippen LogP contribution in [0.2, 0.25) is 0 Å². The van der Waals surface area contributed by atoms with Crippen molar-refractivity contribution in [3.8, 4) is 0 Å². The monoisotopic (exact) mass is 266 g/mol. The number of benzene rings is 1. The second-order valence-electron chi connectivity index (χ2n) is 3.18. The summed E-state index contributed by atoms with van der Waals surface area (Å²) in [5.41, 5.74) is 6.44. The molecule has 2 aromatic rings. The van der Waals surface area contributed by atoms with Gasteiger partial charge in [-0.3, -0.25) is 9.79 Å². The van der Waals surface area contributed by atoms with E-state index in [1.165, 1.54) is 0 Å². The number of carbonyl (C=O) groups is 1. The first-order chi connectivity index (χ1) is 7.75. The molecule has 0 saturated carbocycles. The smallest absolute Gasteiger partial charge is 0.248 e. The molecule has 2 N–H and O–H groups in total. The van der Waals surface area contributed by atoms with Gasteiger partial charge in [-0.15, -0.1) is 23.7 Å². The van der Waals surface area contributed by atoms with Crippen LogP contribution in [0.3, 0.4) is 0 Å². The van der Waals surface area contributed by atoms with Gasteiger partial charge in [0.15, 0.2) is 0 Å². The third-order valence-electron chi connectivity index (χ3n) is 2.04. The Labute approximate surface area is 109 Å². The summed E-state index contributed by atoms with van der Waals surface area (Å²) in [6.07, 6.45) is 1.80. The minimum atomic E-state index is -0.422. The fourth-order valence-corrected chi connectivity index (χ4v) is 1.80. The number of thiophene rings is 1. The fraction of sp³-hybridized carbons (Fsp3) is 0. The van der Waals surface area contributed by atoms with E-state index in [9.17, 15) is 4.79 Å². The molecule has 17 heavy (non-hydrogen) atoms. The zero-order valence-corrected chi connectivity index (χ0v) is 10.5. The van der Waals surface area contributed by atoms with E-state index in [1.807, 2.05) is 17.5 Å². The van der Waals surface area contributed by atoms with Crippen LogP contribution in [0.1, 0.15) is 15.2 Å². The number of carbonyl (C=O) groups excluding carboxylic acids is 1. The molecule has 1 aromatic carbocycles. The molecule has 0 spiro atoms. The van der Waals surface area contributed by atoms with Gasteiger partial charge in [0.05, 0.1) is 5.69 Å². The number of nitrogens with zero attached hydrogens (tertiary/aromatic N) is 1. The first-order valence-electron chi connectivity index (χ1n) is 4.73. The molecule has 0 aliphatic rings. The van der Waals surface area contributed by atoms with Gasteiger partial charge in [-0.25, -0.2) is 0 Å². The van der Waals surface area contributed by atoms with Gasteiger partial charge in [-0.1, -0.05) is 6.07 Å². The third-order valence-corrected chi connectivity index (χ3v) is 2.84. The van der Waals surface area contributed by atoms with Crippen LogP contribution in [0.5, 0.6) is 0 Å². The summed E-state index contributed by atoms with van der Waals surface area (Å²) in [5.74, 6) is -0.422. The average molecular weight is 267 g/mol. The summed E-state index contributed by atoms with van der Waals surface area (Å²) < 4.78 is 0. The number of halogens is 1. The SMILES string of the molecule is Cl.NC(=O)c1ccc(N=Cc2cccs2)cc1. The highest BCUT2D eigenvalue weighted by Gasteiger charge is 1.98. The molecule has 5 heteroatoms. The second kappa shape index (κ2) is 6.18. The molecule has 0 fully saturated rings. The summed E-state index contributed by atoms with van der Waals surface area (Å²) in [7, 11) is 0. The van der Waals surface area contributed by atoms with Gasteiger partial charge in [0.25, 0.3) is 0 Å². The van der Waals surface area contributed by atoms with Gasteiger partial charge in [0.1, 0.15) is 0 Å². The molecular formula is C12H11ClN2OS. The summed E-state index contributed by atoms with van der Waals surface area (Å²) >= 11 is 1.63. The fourth-order valence-electron chi connectivity index (χ4n) is 1.21. The minimum absolute atomic E-state index is 0. The molecule has 0 atom stereocenters. The van der Waals surface area contributed by atoms with Crippen molar-refractivity contribution < 1.29 is 4.79 Å². The maximum atomic E-state index is 10.8. The maximum absolute atomic E-state index is 10.8. The summed E-state index contributed by atoms with van der Waals surface area (Å²) in [6, 6.07) is 10.8. The van der Waals surface area contributed by atoms with Gasteiger partial charge in [-0.05, 0) is 35.7 Å². The number of amides is 1. The zero-order valence-electron chi connectivity index (χ0n) is 8.87. The van der Waals surface area contributed by atoms with E-state index in [2.05, 4.69) is 4.99 Å². The second-order valence-corrected chi connectivity index (χ2v) is 4.16. The molecule has 3 nitrogen and oxygen atoms in total. The van der Waals surface area contributed by atoms with Crippen LogP contribution in [-0.4, -0.2) is 12.1 Å². The molecule has 0 aliphatic carbocycles. The zero-order chi connectivity index (χ0) is 11.4. The Kier molecular flexibility index (Phi) is 4.87. The Morgan fingerprint density at radius 1 is 1.24 bits per heavy atom. The number of rotatable bonds is 3. The lowest BCUT2D eigenvalue weighted by atomic mass is 10.2. The van der Waals surface area contributed by atoms with Gasteiger partial charge < -0.3 is 5.73 Å². The van der Waals surface area contributed by atoms with Crippen molar-refractivity contribution in [3.63, 3.8) is 0 Å². The molecule has 1 amide bonds. The molecule has 1 aromatic heterocycles. The van der Waals surface area contributed by atoms with E-state index in [0.29, 0.717) is 5.56 Å². The van der Waals surface area contributed by atoms with E-state index >= 15 is 0 Å². The highest BCUT2D eigenvalue weighted by Crippen LogP contribution is 2.14. The predicted molar refractivity (Wildman–Crippen MR) is 73.8 cm³/mol. The molecule has 0 aliphatic heterocycles. The van der Waals surface area contributed by atoms with Crippen molar-refractivity contribution >= 4 is 41.6 Å². The third kappa shape index (κ3) is 3.69. The highest BCUT2D eigenvalue weighted by molar-refractivity contribution is 7.11. The molecule has 0 bridgehead atoms. The topological polar surface area (TPSA) is 55.5 Å². The Morgan fingerprint density at radius 2 is 1.94 bits per heavy atom. The standard InChI is InChI=1S/C12H10N2OS.ClH/c13-12(15)9-3-5-10(6-4-9)14-8-11-2-1-7-16-11;/h1-8H,(H2,13,15);1H. The first-order valence-corrected chi connectivity index (χ1v) is 5.61. The number of hydrogen-bond acceptors (Lipinski definition) is 3.